The van der Waals surface area contributed by atoms with E-state index >= 15 is 0 Å². The van der Waals surface area contributed by atoms with Crippen LogP contribution in [-0.4, -0.2) is 46.5 Å². The van der Waals surface area contributed by atoms with Crippen LogP contribution in [0.25, 0.3) is 22.2 Å². The van der Waals surface area contributed by atoms with Crippen LogP contribution in [-0.2, 0) is 6.54 Å². The lowest BCUT2D eigenvalue weighted by molar-refractivity contribution is 0.252. The highest BCUT2D eigenvalue weighted by Crippen LogP contribution is 2.29. The quantitative estimate of drug-likeness (QED) is 0.257. The number of urea groups is 1. The number of pyridine rings is 1. The number of aryl methyl sites for hydroxylation is 1. The van der Waals surface area contributed by atoms with Crippen molar-refractivity contribution in [3.05, 3.63) is 87.9 Å². The van der Waals surface area contributed by atoms with E-state index in [1.54, 1.807) is 17.7 Å². The summed E-state index contributed by atoms with van der Waals surface area (Å²) in [6, 6.07) is 14.9. The third-order valence-electron chi connectivity index (χ3n) is 6.23. The summed E-state index contributed by atoms with van der Waals surface area (Å²) >= 11 is 0. The summed E-state index contributed by atoms with van der Waals surface area (Å²) in [4.78, 5) is 37.9. The van der Waals surface area contributed by atoms with Crippen molar-refractivity contribution in [1.29, 1.82) is 0 Å². The van der Waals surface area contributed by atoms with E-state index in [-0.39, 0.29) is 11.6 Å². The van der Waals surface area contributed by atoms with Crippen molar-refractivity contribution >= 4 is 28.7 Å². The van der Waals surface area contributed by atoms with Gasteiger partial charge in [-0.2, -0.15) is 0 Å². The van der Waals surface area contributed by atoms with Crippen LogP contribution in [0.1, 0.15) is 37.6 Å². The number of aromatic nitrogens is 3. The SMILES string of the molecule is C/C=C\C(=NCC)c1cc(-c2cc(C)n(Cc3cccc(OC)c3)c(=O)c2)cc2[nH]c(NC(=O)NCC)nc12. The lowest BCUT2D eigenvalue weighted by Crippen LogP contribution is -2.28. The molecule has 0 unspecified atom stereocenters. The standard InChI is InChI=1S/C30H34N6O3/c1-6-10-25(31-7-2)24-15-22(16-26-28(24)34-29(33-26)35-30(38)32-8-3)21-13-19(4)36(27(37)17-21)18-20-11-9-12-23(14-20)39-5/h6,9-17H,7-8,18H2,1-5H3,(H3,32,33,34,35,38)/b10-6-,31-25?. The summed E-state index contributed by atoms with van der Waals surface area (Å²) in [5.74, 6) is 1.08. The second-order valence-corrected chi connectivity index (χ2v) is 9.01. The fraction of sp³-hybridized carbons (Fsp3) is 0.267. The minimum Gasteiger partial charge on any atom is -0.497 e. The van der Waals surface area contributed by atoms with Gasteiger partial charge < -0.3 is 19.6 Å². The molecule has 0 saturated carbocycles. The Labute approximate surface area is 227 Å². The van der Waals surface area contributed by atoms with Gasteiger partial charge >= 0.3 is 6.03 Å². The molecule has 4 rings (SSSR count). The Hall–Kier alpha value is -4.66. The van der Waals surface area contributed by atoms with Gasteiger partial charge in [-0.3, -0.25) is 15.1 Å². The van der Waals surface area contributed by atoms with E-state index in [4.69, 9.17) is 4.74 Å². The summed E-state index contributed by atoms with van der Waals surface area (Å²) in [5, 5.41) is 5.45. The largest absolute Gasteiger partial charge is 0.497 e. The number of fused-ring (bicyclic) bond motifs is 1. The summed E-state index contributed by atoms with van der Waals surface area (Å²) < 4.78 is 7.07. The zero-order valence-corrected chi connectivity index (χ0v) is 23.0. The number of nitrogens with zero attached hydrogens (tertiary/aromatic N) is 3. The van der Waals surface area contributed by atoms with Crippen LogP contribution in [0, 0.1) is 6.92 Å². The Bertz CT molecular complexity index is 1610. The van der Waals surface area contributed by atoms with Crippen molar-refractivity contribution in [3.8, 4) is 16.9 Å². The van der Waals surface area contributed by atoms with Gasteiger partial charge in [0.25, 0.3) is 5.56 Å². The maximum Gasteiger partial charge on any atom is 0.321 e. The number of aromatic amines is 1. The lowest BCUT2D eigenvalue weighted by Gasteiger charge is -2.14. The topological polar surface area (TPSA) is 113 Å². The molecule has 39 heavy (non-hydrogen) atoms. The minimum absolute atomic E-state index is 0.103. The molecule has 0 atom stereocenters. The first-order valence-electron chi connectivity index (χ1n) is 13.0. The Kier molecular flexibility index (Phi) is 8.60. The van der Waals surface area contributed by atoms with Crippen LogP contribution in [0.4, 0.5) is 10.7 Å². The molecule has 0 fully saturated rings. The molecule has 0 aliphatic rings. The lowest BCUT2D eigenvalue weighted by atomic mass is 9.99. The van der Waals surface area contributed by atoms with Crippen molar-refractivity contribution < 1.29 is 9.53 Å². The number of imidazole rings is 1. The number of carbonyl (C=O) groups is 1. The number of carbonyl (C=O) groups excluding carboxylic acids is 1. The second kappa shape index (κ2) is 12.3. The van der Waals surface area contributed by atoms with Gasteiger partial charge in [-0.1, -0.05) is 18.2 Å². The van der Waals surface area contributed by atoms with Crippen LogP contribution < -0.4 is 20.9 Å². The molecule has 0 spiro atoms. The third kappa shape index (κ3) is 6.26. The molecular formula is C30H34N6O3. The number of rotatable bonds is 9. The number of H-pyrrole nitrogens is 1. The molecular weight excluding hydrogens is 492 g/mol. The molecule has 202 valence electrons. The summed E-state index contributed by atoms with van der Waals surface area (Å²) in [5.41, 5.74) is 6.31. The normalized spacial score (nSPS) is 11.8. The molecule has 0 bridgehead atoms. The maximum atomic E-state index is 13.3. The highest BCUT2D eigenvalue weighted by Gasteiger charge is 2.16. The van der Waals surface area contributed by atoms with Crippen LogP contribution in [0.15, 0.2) is 70.5 Å². The number of methoxy groups -OCH3 is 1. The third-order valence-corrected chi connectivity index (χ3v) is 6.23. The average molecular weight is 527 g/mol. The van der Waals surface area contributed by atoms with Gasteiger partial charge in [0.05, 0.1) is 30.4 Å². The summed E-state index contributed by atoms with van der Waals surface area (Å²) in [7, 11) is 1.63. The first kappa shape index (κ1) is 27.4. The molecule has 2 amide bonds. The van der Waals surface area contributed by atoms with Crippen molar-refractivity contribution in [2.75, 3.05) is 25.5 Å². The predicted octanol–water partition coefficient (Wildman–Crippen LogP) is 5.28. The van der Waals surface area contributed by atoms with E-state index in [2.05, 4.69) is 25.6 Å². The molecule has 2 heterocycles. The molecule has 2 aromatic carbocycles. The Morgan fingerprint density at radius 2 is 1.95 bits per heavy atom. The smallest absolute Gasteiger partial charge is 0.321 e. The monoisotopic (exact) mass is 526 g/mol. The van der Waals surface area contributed by atoms with E-state index in [0.717, 1.165) is 44.9 Å². The summed E-state index contributed by atoms with van der Waals surface area (Å²) in [6.45, 7) is 9.22. The van der Waals surface area contributed by atoms with Crippen molar-refractivity contribution in [2.24, 2.45) is 4.99 Å². The molecule has 4 aromatic rings. The van der Waals surface area contributed by atoms with Gasteiger partial charge in [-0.05, 0) is 80.8 Å². The van der Waals surface area contributed by atoms with E-state index in [1.807, 2.05) is 82.3 Å². The first-order chi connectivity index (χ1) is 18.9. The zero-order valence-electron chi connectivity index (χ0n) is 23.0. The number of hydrogen-bond acceptors (Lipinski definition) is 5. The fourth-order valence-corrected chi connectivity index (χ4v) is 4.46. The number of aliphatic imine (C=N–C) groups is 1. The summed E-state index contributed by atoms with van der Waals surface area (Å²) in [6.07, 6.45) is 3.86. The van der Waals surface area contributed by atoms with E-state index < -0.39 is 0 Å². The fourth-order valence-electron chi connectivity index (χ4n) is 4.46. The molecule has 0 saturated heterocycles. The van der Waals surface area contributed by atoms with Gasteiger partial charge in [0.15, 0.2) is 0 Å². The highest BCUT2D eigenvalue weighted by molar-refractivity contribution is 6.16. The Morgan fingerprint density at radius 1 is 1.15 bits per heavy atom. The Balaban J connectivity index is 1.81. The number of allylic oxidation sites excluding steroid dienone is 2. The molecule has 9 nitrogen and oxygen atoms in total. The molecule has 0 aliphatic carbocycles. The van der Waals surface area contributed by atoms with Crippen LogP contribution in [0.2, 0.25) is 0 Å². The van der Waals surface area contributed by atoms with Gasteiger partial charge in [0.2, 0.25) is 5.95 Å². The van der Waals surface area contributed by atoms with Crippen molar-refractivity contribution in [1.82, 2.24) is 19.9 Å². The zero-order chi connectivity index (χ0) is 27.9. The molecule has 3 N–H and O–H groups in total. The predicted molar refractivity (Wildman–Crippen MR) is 157 cm³/mol. The van der Waals surface area contributed by atoms with Crippen molar-refractivity contribution in [2.45, 2.75) is 34.2 Å². The number of hydrogen-bond donors (Lipinski definition) is 3. The molecule has 0 radical (unpaired) electrons. The van der Waals surface area contributed by atoms with Crippen LogP contribution in [0.3, 0.4) is 0 Å². The maximum absolute atomic E-state index is 13.3. The number of anilines is 1. The molecule has 9 heteroatoms. The number of nitrogens with one attached hydrogen (secondary N) is 3. The van der Waals surface area contributed by atoms with Crippen molar-refractivity contribution in [3.63, 3.8) is 0 Å². The number of ether oxygens (including phenoxy) is 1. The van der Waals surface area contributed by atoms with Crippen LogP contribution in [0.5, 0.6) is 5.75 Å². The average Bonchev–Trinajstić information content (AvgIpc) is 3.32. The van der Waals surface area contributed by atoms with Crippen LogP contribution >= 0.6 is 0 Å². The van der Waals surface area contributed by atoms with Gasteiger partial charge in [0, 0.05) is 30.4 Å². The number of benzene rings is 2. The highest BCUT2D eigenvalue weighted by atomic mass is 16.5. The van der Waals surface area contributed by atoms with E-state index in [0.29, 0.717) is 31.1 Å². The van der Waals surface area contributed by atoms with E-state index in [1.165, 1.54) is 0 Å². The van der Waals surface area contributed by atoms with E-state index in [9.17, 15) is 9.59 Å². The Morgan fingerprint density at radius 3 is 2.64 bits per heavy atom. The number of amides is 2. The minimum atomic E-state index is -0.343. The molecule has 2 aromatic heterocycles. The van der Waals surface area contributed by atoms with Gasteiger partial charge in [-0.15, -0.1) is 0 Å². The van der Waals surface area contributed by atoms with Gasteiger partial charge in [0.1, 0.15) is 5.75 Å². The first-order valence-corrected chi connectivity index (χ1v) is 13.0. The van der Waals surface area contributed by atoms with Gasteiger partial charge in [-0.25, -0.2) is 9.78 Å². The second-order valence-electron chi connectivity index (χ2n) is 9.01. The molecule has 0 aliphatic heterocycles.